The van der Waals surface area contributed by atoms with Crippen molar-refractivity contribution in [3.8, 4) is 5.75 Å². The smallest absolute Gasteiger partial charge is 0.335 e. The number of nitrogens with one attached hydrogen (secondary N) is 1. The van der Waals surface area contributed by atoms with Gasteiger partial charge in [0.25, 0.3) is 0 Å². The molecule has 128 valence electrons. The van der Waals surface area contributed by atoms with E-state index in [1.807, 2.05) is 0 Å². The third kappa shape index (κ3) is 4.19. The van der Waals surface area contributed by atoms with E-state index in [1.165, 1.54) is 11.8 Å². The van der Waals surface area contributed by atoms with E-state index >= 15 is 0 Å². The zero-order valence-corrected chi connectivity index (χ0v) is 14.4. The minimum Gasteiger partial charge on any atom is -0.495 e. The molecule has 0 aliphatic carbocycles. The molecule has 0 aliphatic rings. The van der Waals surface area contributed by atoms with Crippen LogP contribution in [0, 0.1) is 0 Å². The van der Waals surface area contributed by atoms with Crippen LogP contribution >= 0.6 is 0 Å². The molecule has 0 saturated carbocycles. The van der Waals surface area contributed by atoms with Crippen LogP contribution in [0.25, 0.3) is 0 Å². The minimum absolute atomic E-state index is 0.232. The molecule has 5 heteroatoms. The van der Waals surface area contributed by atoms with Crippen LogP contribution in [0.3, 0.4) is 0 Å². The van der Waals surface area contributed by atoms with E-state index < -0.39 is 5.97 Å². The van der Waals surface area contributed by atoms with Crippen molar-refractivity contribution in [1.82, 2.24) is 0 Å². The van der Waals surface area contributed by atoms with Crippen LogP contribution in [-0.4, -0.2) is 31.3 Å². The zero-order valence-electron chi connectivity index (χ0n) is 14.4. The third-order valence-corrected chi connectivity index (χ3v) is 3.99. The molecule has 5 nitrogen and oxygen atoms in total. The van der Waals surface area contributed by atoms with Gasteiger partial charge in [-0.15, -0.1) is 0 Å². The first-order chi connectivity index (χ1) is 11.6. The van der Waals surface area contributed by atoms with E-state index in [4.69, 9.17) is 9.84 Å². The Bertz CT molecular complexity index is 680. The van der Waals surface area contributed by atoms with Gasteiger partial charge in [0.15, 0.2) is 0 Å². The summed E-state index contributed by atoms with van der Waals surface area (Å²) in [5.41, 5.74) is 3.23. The van der Waals surface area contributed by atoms with Crippen molar-refractivity contribution in [2.45, 2.75) is 20.4 Å². The normalized spacial score (nSPS) is 10.3. The predicted octanol–water partition coefficient (Wildman–Crippen LogP) is 3.85. The van der Waals surface area contributed by atoms with Gasteiger partial charge in [0.1, 0.15) is 5.75 Å². The maximum atomic E-state index is 11.1. The molecular formula is C19H24N2O3. The predicted molar refractivity (Wildman–Crippen MR) is 97.3 cm³/mol. The molecule has 0 atom stereocenters. The molecule has 2 aromatic carbocycles. The molecule has 0 aliphatic heterocycles. The first kappa shape index (κ1) is 17.7. The average Bonchev–Trinajstić information content (AvgIpc) is 2.61. The van der Waals surface area contributed by atoms with E-state index in [2.05, 4.69) is 48.3 Å². The lowest BCUT2D eigenvalue weighted by molar-refractivity contribution is 0.0697. The maximum Gasteiger partial charge on any atom is 0.335 e. The van der Waals surface area contributed by atoms with E-state index in [0.29, 0.717) is 18.0 Å². The molecule has 2 N–H and O–H groups in total. The number of hydrogen-bond acceptors (Lipinski definition) is 4. The number of benzene rings is 2. The molecule has 0 radical (unpaired) electrons. The van der Waals surface area contributed by atoms with Gasteiger partial charge in [-0.25, -0.2) is 4.79 Å². The van der Waals surface area contributed by atoms with Gasteiger partial charge in [0, 0.05) is 25.3 Å². The lowest BCUT2D eigenvalue weighted by Crippen LogP contribution is -2.21. The molecule has 0 amide bonds. The summed E-state index contributed by atoms with van der Waals surface area (Å²) in [4.78, 5) is 13.4. The Balaban J connectivity index is 2.10. The molecule has 0 unspecified atom stereocenters. The number of carbonyl (C=O) groups is 1. The van der Waals surface area contributed by atoms with E-state index in [0.717, 1.165) is 18.7 Å². The monoisotopic (exact) mass is 328 g/mol. The lowest BCUT2D eigenvalue weighted by Gasteiger charge is -2.21. The van der Waals surface area contributed by atoms with E-state index in [9.17, 15) is 4.79 Å². The number of carboxylic acids is 1. The van der Waals surface area contributed by atoms with E-state index in [1.54, 1.807) is 19.2 Å². The number of hydrogen-bond donors (Lipinski definition) is 2. The number of rotatable bonds is 8. The van der Waals surface area contributed by atoms with Crippen LogP contribution in [0.15, 0.2) is 42.5 Å². The molecule has 0 spiro atoms. The summed E-state index contributed by atoms with van der Waals surface area (Å²) in [5.74, 6) is -0.330. The number of aromatic carboxylic acids is 1. The van der Waals surface area contributed by atoms with Crippen molar-refractivity contribution in [3.63, 3.8) is 0 Å². The van der Waals surface area contributed by atoms with Gasteiger partial charge >= 0.3 is 5.97 Å². The fourth-order valence-corrected chi connectivity index (χ4v) is 2.59. The molecule has 24 heavy (non-hydrogen) atoms. The minimum atomic E-state index is -0.954. The summed E-state index contributed by atoms with van der Waals surface area (Å²) in [7, 11) is 1.57. The highest BCUT2D eigenvalue weighted by Crippen LogP contribution is 2.26. The van der Waals surface area contributed by atoms with Gasteiger partial charge in [0.2, 0.25) is 0 Å². The quantitative estimate of drug-likeness (QED) is 0.770. The second kappa shape index (κ2) is 8.24. The Morgan fingerprint density at radius 3 is 2.33 bits per heavy atom. The van der Waals surface area contributed by atoms with Crippen molar-refractivity contribution in [3.05, 3.63) is 53.6 Å². The van der Waals surface area contributed by atoms with Crippen LogP contribution in [0.4, 0.5) is 11.4 Å². The average molecular weight is 328 g/mol. The summed E-state index contributed by atoms with van der Waals surface area (Å²) < 4.78 is 5.29. The highest BCUT2D eigenvalue weighted by Gasteiger charge is 2.09. The first-order valence-corrected chi connectivity index (χ1v) is 8.08. The molecule has 0 bridgehead atoms. The molecule has 0 saturated heterocycles. The second-order valence-electron chi connectivity index (χ2n) is 5.41. The first-order valence-electron chi connectivity index (χ1n) is 8.08. The molecule has 2 aromatic rings. The number of nitrogens with zero attached hydrogens (tertiary/aromatic N) is 1. The Hall–Kier alpha value is -2.69. The van der Waals surface area contributed by atoms with Crippen LogP contribution < -0.4 is 15.0 Å². The Kier molecular flexibility index (Phi) is 6.07. The fourth-order valence-electron chi connectivity index (χ4n) is 2.59. The Labute approximate surface area is 142 Å². The molecule has 0 fully saturated rings. The fraction of sp³-hybridized carbons (Fsp3) is 0.316. The van der Waals surface area contributed by atoms with Gasteiger partial charge in [-0.1, -0.05) is 12.1 Å². The molecule has 0 aromatic heterocycles. The summed E-state index contributed by atoms with van der Waals surface area (Å²) in [5, 5.41) is 12.4. The van der Waals surface area contributed by atoms with Gasteiger partial charge < -0.3 is 20.1 Å². The lowest BCUT2D eigenvalue weighted by atomic mass is 10.1. The maximum absolute atomic E-state index is 11.1. The Morgan fingerprint density at radius 1 is 1.12 bits per heavy atom. The summed E-state index contributed by atoms with van der Waals surface area (Å²) in [6.07, 6.45) is 0. The zero-order chi connectivity index (χ0) is 17.5. The SMILES string of the molecule is CCN(CC)c1ccc(CNc2cc(C(=O)O)ccc2OC)cc1. The van der Waals surface area contributed by atoms with Crippen molar-refractivity contribution in [1.29, 1.82) is 0 Å². The van der Waals surface area contributed by atoms with Gasteiger partial charge in [-0.05, 0) is 49.7 Å². The highest BCUT2D eigenvalue weighted by atomic mass is 16.5. The number of methoxy groups -OCH3 is 1. The topological polar surface area (TPSA) is 61.8 Å². The van der Waals surface area contributed by atoms with Crippen LogP contribution in [0.1, 0.15) is 29.8 Å². The van der Waals surface area contributed by atoms with Gasteiger partial charge in [0.05, 0.1) is 18.4 Å². The van der Waals surface area contributed by atoms with Crippen molar-refractivity contribution < 1.29 is 14.6 Å². The summed E-state index contributed by atoms with van der Waals surface area (Å²) in [6.45, 7) is 6.83. The standard InChI is InChI=1S/C19H24N2O3/c1-4-21(5-2)16-9-6-14(7-10-16)13-20-17-12-15(19(22)23)8-11-18(17)24-3/h6-12,20H,4-5,13H2,1-3H3,(H,22,23). The number of ether oxygens (including phenoxy) is 1. The summed E-state index contributed by atoms with van der Waals surface area (Å²) in [6, 6.07) is 13.2. The largest absolute Gasteiger partial charge is 0.495 e. The second-order valence-corrected chi connectivity index (χ2v) is 5.41. The van der Waals surface area contributed by atoms with Crippen molar-refractivity contribution in [2.75, 3.05) is 30.4 Å². The number of carboxylic acid groups (broad SMARTS) is 1. The van der Waals surface area contributed by atoms with Crippen molar-refractivity contribution >= 4 is 17.3 Å². The molecule has 0 heterocycles. The molecular weight excluding hydrogens is 304 g/mol. The third-order valence-electron chi connectivity index (χ3n) is 3.99. The van der Waals surface area contributed by atoms with Gasteiger partial charge in [-0.2, -0.15) is 0 Å². The van der Waals surface area contributed by atoms with Crippen LogP contribution in [-0.2, 0) is 6.54 Å². The molecule has 2 rings (SSSR count). The Morgan fingerprint density at radius 2 is 1.79 bits per heavy atom. The van der Waals surface area contributed by atoms with Crippen LogP contribution in [0.5, 0.6) is 5.75 Å². The van der Waals surface area contributed by atoms with Gasteiger partial charge in [-0.3, -0.25) is 0 Å². The number of anilines is 2. The van der Waals surface area contributed by atoms with Crippen molar-refractivity contribution in [2.24, 2.45) is 0 Å². The summed E-state index contributed by atoms with van der Waals surface area (Å²) >= 11 is 0. The van der Waals surface area contributed by atoms with Crippen LogP contribution in [0.2, 0.25) is 0 Å². The van der Waals surface area contributed by atoms with E-state index in [-0.39, 0.29) is 5.56 Å². The highest BCUT2D eigenvalue weighted by molar-refractivity contribution is 5.89.